The molecule has 5 N–H and O–H groups in total. The van der Waals surface area contributed by atoms with Crippen LogP contribution in [0.2, 0.25) is 0 Å². The molecule has 1 heterocycles. The lowest BCUT2D eigenvalue weighted by Gasteiger charge is -2.10. The molecule has 2 aromatic rings. The third kappa shape index (κ3) is 1.46. The van der Waals surface area contributed by atoms with Gasteiger partial charge in [-0.3, -0.25) is 5.10 Å². The van der Waals surface area contributed by atoms with Crippen LogP contribution in [0.3, 0.4) is 0 Å². The van der Waals surface area contributed by atoms with Crippen LogP contribution in [0.15, 0.2) is 12.1 Å². The minimum Gasteiger partial charge on any atom is -0.504 e. The topological polar surface area (TPSA) is 95.2 Å². The summed E-state index contributed by atoms with van der Waals surface area (Å²) in [4.78, 5) is 0. The summed E-state index contributed by atoms with van der Waals surface area (Å²) in [6, 6.07) is 3.17. The molecule has 0 aliphatic rings. The molecule has 0 saturated carbocycles. The maximum absolute atomic E-state index is 9.56. The van der Waals surface area contributed by atoms with Crippen molar-refractivity contribution in [1.29, 1.82) is 0 Å². The van der Waals surface area contributed by atoms with Gasteiger partial charge in [-0.05, 0) is 31.0 Å². The average Bonchev–Trinajstić information content (AvgIpc) is 2.67. The van der Waals surface area contributed by atoms with E-state index in [0.29, 0.717) is 17.1 Å². The molecule has 0 unspecified atom stereocenters. The number of aromatic nitrogens is 2. The van der Waals surface area contributed by atoms with Gasteiger partial charge in [-0.15, -0.1) is 0 Å². The van der Waals surface area contributed by atoms with E-state index < -0.39 is 0 Å². The van der Waals surface area contributed by atoms with Crippen molar-refractivity contribution in [3.8, 4) is 22.8 Å². The van der Waals surface area contributed by atoms with Gasteiger partial charge in [-0.1, -0.05) is 0 Å². The van der Waals surface area contributed by atoms with Gasteiger partial charge in [0.1, 0.15) is 5.82 Å². The number of aromatic amines is 1. The van der Waals surface area contributed by atoms with E-state index in [-0.39, 0.29) is 11.5 Å². The van der Waals surface area contributed by atoms with Crippen LogP contribution in [0.4, 0.5) is 5.82 Å². The van der Waals surface area contributed by atoms with Crippen LogP contribution in [-0.2, 0) is 0 Å². The van der Waals surface area contributed by atoms with Crippen molar-refractivity contribution >= 4 is 5.82 Å². The number of nitrogens with zero attached hydrogens (tertiary/aromatic N) is 1. The van der Waals surface area contributed by atoms with Crippen LogP contribution in [-0.4, -0.2) is 20.4 Å². The fourth-order valence-electron chi connectivity index (χ4n) is 1.64. The van der Waals surface area contributed by atoms with Crippen molar-refractivity contribution in [2.75, 3.05) is 5.73 Å². The highest BCUT2D eigenvalue weighted by molar-refractivity contribution is 5.71. The Labute approximate surface area is 92.5 Å². The molecule has 84 valence electrons. The van der Waals surface area contributed by atoms with Crippen LogP contribution in [0.25, 0.3) is 11.3 Å². The highest BCUT2D eigenvalue weighted by Crippen LogP contribution is 2.37. The quantitative estimate of drug-likeness (QED) is 0.549. The first-order chi connectivity index (χ1) is 7.50. The summed E-state index contributed by atoms with van der Waals surface area (Å²) < 4.78 is 0. The number of H-pyrrole nitrogens is 1. The van der Waals surface area contributed by atoms with Gasteiger partial charge in [0.15, 0.2) is 11.5 Å². The molecule has 0 spiro atoms. The van der Waals surface area contributed by atoms with Crippen LogP contribution in [0, 0.1) is 13.8 Å². The van der Waals surface area contributed by atoms with E-state index in [1.54, 1.807) is 13.0 Å². The number of nitrogens with two attached hydrogens (primary N) is 1. The molecule has 0 aliphatic carbocycles. The number of phenols is 2. The number of hydrogen-bond acceptors (Lipinski definition) is 4. The zero-order chi connectivity index (χ0) is 11.9. The number of hydrogen-bond donors (Lipinski definition) is 4. The van der Waals surface area contributed by atoms with E-state index in [2.05, 4.69) is 10.2 Å². The molecule has 5 heteroatoms. The van der Waals surface area contributed by atoms with E-state index >= 15 is 0 Å². The number of rotatable bonds is 1. The molecule has 0 fully saturated rings. The van der Waals surface area contributed by atoms with Crippen molar-refractivity contribution < 1.29 is 10.2 Å². The summed E-state index contributed by atoms with van der Waals surface area (Å²) in [6.45, 7) is 3.61. The predicted octanol–water partition coefficient (Wildman–Crippen LogP) is 1.69. The van der Waals surface area contributed by atoms with Crippen molar-refractivity contribution in [3.63, 3.8) is 0 Å². The zero-order valence-corrected chi connectivity index (χ0v) is 9.07. The lowest BCUT2D eigenvalue weighted by Crippen LogP contribution is -1.89. The molecule has 2 rings (SSSR count). The Morgan fingerprint density at radius 2 is 1.88 bits per heavy atom. The summed E-state index contributed by atoms with van der Waals surface area (Å²) in [5.74, 6) is 0.152. The number of phenolic OH excluding ortho intramolecular Hbond substituents is 2. The lowest BCUT2D eigenvalue weighted by molar-refractivity contribution is 0.401. The normalized spacial score (nSPS) is 10.6. The molecule has 0 aliphatic heterocycles. The molecule has 16 heavy (non-hydrogen) atoms. The first-order valence-corrected chi connectivity index (χ1v) is 4.84. The largest absolute Gasteiger partial charge is 0.504 e. The van der Waals surface area contributed by atoms with Gasteiger partial charge in [-0.25, -0.2) is 0 Å². The zero-order valence-electron chi connectivity index (χ0n) is 9.07. The van der Waals surface area contributed by atoms with E-state index in [0.717, 1.165) is 11.1 Å². The molecule has 5 nitrogen and oxygen atoms in total. The molecule has 0 radical (unpaired) electrons. The molecule has 0 atom stereocenters. The predicted molar refractivity (Wildman–Crippen MR) is 61.2 cm³/mol. The molecule has 0 amide bonds. The molecule has 0 bridgehead atoms. The SMILES string of the molecule is Cc1c(-c2cc(N)n[nH]2)cc(O)c(O)c1C. The highest BCUT2D eigenvalue weighted by Gasteiger charge is 2.13. The summed E-state index contributed by atoms with van der Waals surface area (Å²) in [6.07, 6.45) is 0. The van der Waals surface area contributed by atoms with Gasteiger partial charge in [0.2, 0.25) is 0 Å². The minimum atomic E-state index is -0.147. The average molecular weight is 219 g/mol. The van der Waals surface area contributed by atoms with Gasteiger partial charge in [0.25, 0.3) is 0 Å². The maximum Gasteiger partial charge on any atom is 0.160 e. The van der Waals surface area contributed by atoms with Gasteiger partial charge in [-0.2, -0.15) is 5.10 Å². The second-order valence-corrected chi connectivity index (χ2v) is 3.75. The van der Waals surface area contributed by atoms with E-state index in [1.807, 2.05) is 6.92 Å². The van der Waals surface area contributed by atoms with Crippen molar-refractivity contribution in [3.05, 3.63) is 23.3 Å². The Kier molecular flexibility index (Phi) is 2.23. The number of benzene rings is 1. The first-order valence-electron chi connectivity index (χ1n) is 4.84. The van der Waals surface area contributed by atoms with Crippen LogP contribution in [0.1, 0.15) is 11.1 Å². The van der Waals surface area contributed by atoms with E-state index in [4.69, 9.17) is 5.73 Å². The van der Waals surface area contributed by atoms with Gasteiger partial charge in [0.05, 0.1) is 5.69 Å². The van der Waals surface area contributed by atoms with E-state index in [1.165, 1.54) is 6.07 Å². The van der Waals surface area contributed by atoms with Crippen molar-refractivity contribution in [1.82, 2.24) is 10.2 Å². The Balaban J connectivity index is 2.66. The standard InChI is InChI=1S/C11H13N3O2/c1-5-6(2)11(16)9(15)3-7(5)8-4-10(12)14-13-8/h3-4,15-16H,1-2H3,(H3,12,13,14). The summed E-state index contributed by atoms with van der Waals surface area (Å²) in [5.41, 5.74) is 8.52. The Morgan fingerprint density at radius 3 is 2.44 bits per heavy atom. The fraction of sp³-hybridized carbons (Fsp3) is 0.182. The Bertz CT molecular complexity index is 546. The third-order valence-electron chi connectivity index (χ3n) is 2.73. The first kappa shape index (κ1) is 10.4. The smallest absolute Gasteiger partial charge is 0.160 e. The molecular weight excluding hydrogens is 206 g/mol. The fourth-order valence-corrected chi connectivity index (χ4v) is 1.64. The van der Waals surface area contributed by atoms with Crippen LogP contribution >= 0.6 is 0 Å². The molecule has 1 aromatic heterocycles. The van der Waals surface area contributed by atoms with E-state index in [9.17, 15) is 10.2 Å². The monoisotopic (exact) mass is 219 g/mol. The van der Waals surface area contributed by atoms with Gasteiger partial charge in [0, 0.05) is 11.6 Å². The number of nitrogen functional groups attached to an aromatic ring is 1. The summed E-state index contributed by atoms with van der Waals surface area (Å²) in [7, 11) is 0. The maximum atomic E-state index is 9.56. The second kappa shape index (κ2) is 3.44. The van der Waals surface area contributed by atoms with Crippen molar-refractivity contribution in [2.45, 2.75) is 13.8 Å². The Hall–Kier alpha value is -2.17. The van der Waals surface area contributed by atoms with Crippen LogP contribution in [0.5, 0.6) is 11.5 Å². The van der Waals surface area contributed by atoms with Crippen molar-refractivity contribution in [2.24, 2.45) is 0 Å². The molecular formula is C11H13N3O2. The highest BCUT2D eigenvalue weighted by atomic mass is 16.3. The molecule has 0 saturated heterocycles. The second-order valence-electron chi connectivity index (χ2n) is 3.75. The summed E-state index contributed by atoms with van der Waals surface area (Å²) >= 11 is 0. The molecule has 1 aromatic carbocycles. The Morgan fingerprint density at radius 1 is 1.19 bits per heavy atom. The number of aromatic hydroxyl groups is 2. The van der Waals surface area contributed by atoms with Crippen LogP contribution < -0.4 is 5.73 Å². The number of nitrogens with one attached hydrogen (secondary N) is 1. The van der Waals surface area contributed by atoms with Gasteiger partial charge >= 0.3 is 0 Å². The lowest BCUT2D eigenvalue weighted by atomic mass is 9.99. The third-order valence-corrected chi connectivity index (χ3v) is 2.73. The van der Waals surface area contributed by atoms with Gasteiger partial charge < -0.3 is 15.9 Å². The number of anilines is 1. The summed E-state index contributed by atoms with van der Waals surface area (Å²) in [5, 5.41) is 25.7. The minimum absolute atomic E-state index is 0.0891.